The summed E-state index contributed by atoms with van der Waals surface area (Å²) >= 11 is 0. The van der Waals surface area contributed by atoms with Gasteiger partial charge in [0.05, 0.1) is 34.3 Å². The molecular formula is C27H22N6O2. The van der Waals surface area contributed by atoms with Crippen LogP contribution in [-0.2, 0) is 13.5 Å². The lowest BCUT2D eigenvalue weighted by molar-refractivity contribution is 0.174. The molecule has 0 amide bonds. The van der Waals surface area contributed by atoms with E-state index in [0.717, 1.165) is 74.5 Å². The second-order valence-corrected chi connectivity index (χ2v) is 8.79. The summed E-state index contributed by atoms with van der Waals surface area (Å²) in [5.74, 6) is 3.19. The van der Waals surface area contributed by atoms with Gasteiger partial charge in [0, 0.05) is 19.2 Å². The van der Waals surface area contributed by atoms with E-state index in [4.69, 9.17) is 24.4 Å². The molecule has 0 saturated heterocycles. The maximum atomic E-state index is 5.59. The number of aromatic amines is 1. The van der Waals surface area contributed by atoms with E-state index in [1.807, 2.05) is 55.1 Å². The number of hydrogen-bond donors (Lipinski definition) is 1. The van der Waals surface area contributed by atoms with Gasteiger partial charge in [-0.15, -0.1) is 0 Å². The summed E-state index contributed by atoms with van der Waals surface area (Å²) in [5, 5.41) is 0. The third-order valence-electron chi connectivity index (χ3n) is 6.76. The highest BCUT2D eigenvalue weighted by molar-refractivity contribution is 6.12. The van der Waals surface area contributed by atoms with Crippen molar-refractivity contribution in [2.45, 2.75) is 13.3 Å². The Balaban J connectivity index is 1.34. The molecule has 0 bridgehead atoms. The predicted molar refractivity (Wildman–Crippen MR) is 133 cm³/mol. The Morgan fingerprint density at radius 1 is 1.00 bits per heavy atom. The molecule has 0 aliphatic carbocycles. The molecule has 0 radical (unpaired) electrons. The number of aryl methyl sites for hydroxylation is 1. The first-order chi connectivity index (χ1) is 17.2. The molecule has 8 heteroatoms. The molecule has 3 aromatic heterocycles. The van der Waals surface area contributed by atoms with Crippen LogP contribution in [0.2, 0.25) is 0 Å². The first-order valence-corrected chi connectivity index (χ1v) is 11.6. The number of rotatable bonds is 3. The van der Waals surface area contributed by atoms with E-state index in [9.17, 15) is 0 Å². The largest absolute Gasteiger partial charge is 0.454 e. The normalized spacial score (nSPS) is 14.3. The zero-order valence-corrected chi connectivity index (χ0v) is 19.4. The fourth-order valence-electron chi connectivity index (χ4n) is 4.77. The number of benzene rings is 2. The highest BCUT2D eigenvalue weighted by atomic mass is 16.7. The van der Waals surface area contributed by atoms with Gasteiger partial charge >= 0.3 is 0 Å². The van der Waals surface area contributed by atoms with Crippen LogP contribution in [0.15, 0.2) is 59.7 Å². The summed E-state index contributed by atoms with van der Waals surface area (Å²) in [4.78, 5) is 22.8. The Morgan fingerprint density at radius 2 is 1.91 bits per heavy atom. The van der Waals surface area contributed by atoms with E-state index in [-0.39, 0.29) is 6.79 Å². The van der Waals surface area contributed by atoms with Crippen molar-refractivity contribution in [2.75, 3.05) is 13.3 Å². The minimum absolute atomic E-state index is 0.252. The van der Waals surface area contributed by atoms with Crippen LogP contribution < -0.4 is 9.47 Å². The molecule has 0 saturated carbocycles. The third kappa shape index (κ3) is 3.13. The fraction of sp³-hybridized carbons (Fsp3) is 0.185. The monoisotopic (exact) mass is 462 g/mol. The average Bonchev–Trinajstić information content (AvgIpc) is 3.61. The lowest BCUT2D eigenvalue weighted by atomic mass is 10.0. The highest BCUT2D eigenvalue weighted by Gasteiger charge is 2.23. The van der Waals surface area contributed by atoms with Gasteiger partial charge in [-0.2, -0.15) is 0 Å². The molecule has 2 aromatic carbocycles. The minimum atomic E-state index is 0.252. The predicted octanol–water partition coefficient (Wildman–Crippen LogP) is 4.46. The Bertz CT molecular complexity index is 1660. The Hall–Kier alpha value is -4.46. The van der Waals surface area contributed by atoms with E-state index in [2.05, 4.69) is 28.2 Å². The number of aliphatic imine (C=N–C) groups is 1. The van der Waals surface area contributed by atoms with Gasteiger partial charge in [0.15, 0.2) is 17.3 Å². The number of pyridine rings is 1. The van der Waals surface area contributed by atoms with E-state index < -0.39 is 0 Å². The smallest absolute Gasteiger partial charge is 0.231 e. The fourth-order valence-corrected chi connectivity index (χ4v) is 4.77. The molecule has 1 N–H and O–H groups in total. The molecule has 172 valence electrons. The third-order valence-corrected chi connectivity index (χ3v) is 6.76. The SMILES string of the molecule is Cc1ncc(-c2ccc3c(n2)C(c2nc4c(-c5ccc6c(c5)OCO6)cccc4[nH]2)=NCC3)n1C. The zero-order chi connectivity index (χ0) is 23.5. The van der Waals surface area contributed by atoms with Crippen LogP contribution in [0.4, 0.5) is 0 Å². The summed E-state index contributed by atoms with van der Waals surface area (Å²) < 4.78 is 13.1. The Kier molecular flexibility index (Phi) is 4.29. The molecule has 0 fully saturated rings. The molecule has 35 heavy (non-hydrogen) atoms. The maximum absolute atomic E-state index is 5.59. The van der Waals surface area contributed by atoms with Crippen LogP contribution in [0.3, 0.4) is 0 Å². The van der Waals surface area contributed by atoms with Gasteiger partial charge in [-0.1, -0.05) is 24.3 Å². The maximum Gasteiger partial charge on any atom is 0.231 e. The van der Waals surface area contributed by atoms with Crippen molar-refractivity contribution in [1.82, 2.24) is 24.5 Å². The molecule has 7 rings (SSSR count). The van der Waals surface area contributed by atoms with Crippen molar-refractivity contribution >= 4 is 16.7 Å². The number of nitrogens with zero attached hydrogens (tertiary/aromatic N) is 5. The number of hydrogen-bond acceptors (Lipinski definition) is 6. The summed E-state index contributed by atoms with van der Waals surface area (Å²) in [5.41, 5.74) is 8.56. The molecule has 5 heterocycles. The van der Waals surface area contributed by atoms with Crippen molar-refractivity contribution in [1.29, 1.82) is 0 Å². The second kappa shape index (κ2) is 7.53. The van der Waals surface area contributed by atoms with Crippen molar-refractivity contribution in [3.05, 3.63) is 77.6 Å². The lowest BCUT2D eigenvalue weighted by Crippen LogP contribution is -2.18. The molecule has 0 spiro atoms. The van der Waals surface area contributed by atoms with Gasteiger partial charge in [0.1, 0.15) is 11.5 Å². The lowest BCUT2D eigenvalue weighted by Gasteiger charge is -2.16. The van der Waals surface area contributed by atoms with Crippen molar-refractivity contribution < 1.29 is 9.47 Å². The van der Waals surface area contributed by atoms with E-state index >= 15 is 0 Å². The highest BCUT2D eigenvalue weighted by Crippen LogP contribution is 2.37. The van der Waals surface area contributed by atoms with Crippen LogP contribution in [0, 0.1) is 6.92 Å². The molecule has 0 atom stereocenters. The zero-order valence-electron chi connectivity index (χ0n) is 19.4. The first-order valence-electron chi connectivity index (χ1n) is 11.6. The topological polar surface area (TPSA) is 90.2 Å². The standard InChI is InChI=1S/C27H22N6O2/c1-15-29-13-21(33(15)2)19-8-6-16-10-11-28-26(24(16)30-19)27-31-20-5-3-4-18(25(20)32-27)17-7-9-22-23(12-17)35-14-34-22/h3-9,12-13H,10-11,14H2,1-2H3,(H,31,32). The van der Waals surface area contributed by atoms with Crippen molar-refractivity contribution in [3.8, 4) is 34.0 Å². The molecular weight excluding hydrogens is 440 g/mol. The van der Waals surface area contributed by atoms with Crippen LogP contribution >= 0.6 is 0 Å². The van der Waals surface area contributed by atoms with E-state index in [1.54, 1.807) is 0 Å². The summed E-state index contributed by atoms with van der Waals surface area (Å²) in [7, 11) is 2.00. The van der Waals surface area contributed by atoms with Crippen LogP contribution in [0.1, 0.15) is 22.9 Å². The Morgan fingerprint density at radius 3 is 2.80 bits per heavy atom. The van der Waals surface area contributed by atoms with Crippen molar-refractivity contribution in [2.24, 2.45) is 12.0 Å². The van der Waals surface area contributed by atoms with Crippen LogP contribution in [0.25, 0.3) is 33.5 Å². The molecule has 5 aromatic rings. The van der Waals surface area contributed by atoms with E-state index in [0.29, 0.717) is 6.54 Å². The van der Waals surface area contributed by atoms with Gasteiger partial charge in [-0.25, -0.2) is 15.0 Å². The number of ether oxygens (including phenoxy) is 2. The summed E-state index contributed by atoms with van der Waals surface area (Å²) in [6.07, 6.45) is 2.72. The minimum Gasteiger partial charge on any atom is -0.454 e. The first kappa shape index (κ1) is 20.0. The molecule has 2 aliphatic heterocycles. The Labute approximate surface area is 201 Å². The second-order valence-electron chi connectivity index (χ2n) is 8.79. The number of nitrogens with one attached hydrogen (secondary N) is 1. The quantitative estimate of drug-likeness (QED) is 0.428. The van der Waals surface area contributed by atoms with Crippen molar-refractivity contribution in [3.63, 3.8) is 0 Å². The van der Waals surface area contributed by atoms with Gasteiger partial charge in [-0.05, 0) is 48.7 Å². The number of para-hydroxylation sites is 1. The van der Waals surface area contributed by atoms with Crippen LogP contribution in [-0.4, -0.2) is 43.6 Å². The number of H-pyrrole nitrogens is 1. The van der Waals surface area contributed by atoms with Crippen LogP contribution in [0.5, 0.6) is 11.5 Å². The molecule has 2 aliphatic rings. The molecule has 8 nitrogen and oxygen atoms in total. The number of aromatic nitrogens is 5. The van der Waals surface area contributed by atoms with Gasteiger partial charge in [-0.3, -0.25) is 4.99 Å². The summed E-state index contributed by atoms with van der Waals surface area (Å²) in [6.45, 7) is 2.95. The van der Waals surface area contributed by atoms with Gasteiger partial charge in [0.25, 0.3) is 0 Å². The summed E-state index contributed by atoms with van der Waals surface area (Å²) in [6, 6.07) is 16.3. The van der Waals surface area contributed by atoms with E-state index in [1.165, 1.54) is 5.56 Å². The number of fused-ring (bicyclic) bond motifs is 3. The van der Waals surface area contributed by atoms with Gasteiger partial charge in [0.2, 0.25) is 6.79 Å². The average molecular weight is 463 g/mol. The molecule has 0 unspecified atom stereocenters. The number of imidazole rings is 2. The van der Waals surface area contributed by atoms with Gasteiger partial charge < -0.3 is 19.0 Å².